The number of carbonyl (C=O) groups excluding carboxylic acids is 1. The van der Waals surface area contributed by atoms with Crippen LogP contribution >= 0.6 is 0 Å². The summed E-state index contributed by atoms with van der Waals surface area (Å²) in [7, 11) is 0. The third-order valence-corrected chi connectivity index (χ3v) is 3.81. The number of benzene rings is 1. The Labute approximate surface area is 129 Å². The van der Waals surface area contributed by atoms with Gasteiger partial charge in [0.05, 0.1) is 0 Å². The topological polar surface area (TPSA) is 38.3 Å². The molecule has 0 saturated heterocycles. The van der Waals surface area contributed by atoms with E-state index in [9.17, 15) is 4.79 Å². The molecule has 1 aromatic rings. The number of hydrogen-bond acceptors (Lipinski definition) is 2. The van der Waals surface area contributed by atoms with Crippen LogP contribution in [-0.2, 0) is 4.79 Å². The first-order valence-electron chi connectivity index (χ1n) is 8.07. The van der Waals surface area contributed by atoms with Gasteiger partial charge in [0.15, 0.2) is 6.10 Å². The largest absolute Gasteiger partial charge is 0.481 e. The number of amides is 1. The van der Waals surface area contributed by atoms with Crippen LogP contribution in [0.5, 0.6) is 5.75 Å². The molecule has 3 nitrogen and oxygen atoms in total. The van der Waals surface area contributed by atoms with Crippen LogP contribution in [0.25, 0.3) is 0 Å². The first kappa shape index (κ1) is 17.5. The molecule has 1 amide bonds. The van der Waals surface area contributed by atoms with Gasteiger partial charge in [0, 0.05) is 6.54 Å². The van der Waals surface area contributed by atoms with Crippen molar-refractivity contribution < 1.29 is 9.53 Å². The zero-order chi connectivity index (χ0) is 15.7. The number of aryl methyl sites for hydroxylation is 1. The number of ether oxygens (including phenoxy) is 1. The molecule has 0 aliphatic rings. The molecule has 0 bridgehead atoms. The van der Waals surface area contributed by atoms with Gasteiger partial charge in [0.1, 0.15) is 5.75 Å². The van der Waals surface area contributed by atoms with E-state index in [1.165, 1.54) is 24.8 Å². The average Bonchev–Trinajstić information content (AvgIpc) is 2.49. The number of nitrogens with one attached hydrogen (secondary N) is 1. The Morgan fingerprint density at radius 2 is 1.90 bits per heavy atom. The van der Waals surface area contributed by atoms with Gasteiger partial charge in [-0.1, -0.05) is 50.8 Å². The van der Waals surface area contributed by atoms with Crippen LogP contribution in [0.3, 0.4) is 0 Å². The third-order valence-electron chi connectivity index (χ3n) is 3.81. The van der Waals surface area contributed by atoms with Crippen LogP contribution in [-0.4, -0.2) is 18.6 Å². The zero-order valence-corrected chi connectivity index (χ0v) is 13.8. The fraction of sp³-hybridized carbons (Fsp3) is 0.611. The Morgan fingerprint density at radius 1 is 1.24 bits per heavy atom. The van der Waals surface area contributed by atoms with E-state index >= 15 is 0 Å². The summed E-state index contributed by atoms with van der Waals surface area (Å²) < 4.78 is 5.67. The molecule has 1 aromatic carbocycles. The second-order valence-electron chi connectivity index (χ2n) is 5.73. The summed E-state index contributed by atoms with van der Waals surface area (Å²) in [5, 5.41) is 3.01. The van der Waals surface area contributed by atoms with Gasteiger partial charge in [-0.2, -0.15) is 0 Å². The highest BCUT2D eigenvalue weighted by molar-refractivity contribution is 5.80. The molecule has 0 spiro atoms. The second-order valence-corrected chi connectivity index (χ2v) is 5.73. The van der Waals surface area contributed by atoms with Gasteiger partial charge in [-0.3, -0.25) is 4.79 Å². The molecule has 0 radical (unpaired) electrons. The highest BCUT2D eigenvalue weighted by Gasteiger charge is 2.16. The van der Waals surface area contributed by atoms with E-state index in [1.54, 1.807) is 6.92 Å². The lowest BCUT2D eigenvalue weighted by atomic mass is 9.99. The van der Waals surface area contributed by atoms with Gasteiger partial charge in [0.2, 0.25) is 0 Å². The standard InChI is InChI=1S/C18H29NO2/c1-5-7-8-16(6-2)13-19-18(20)15(4)21-17-11-9-14(3)10-12-17/h9-12,15-16H,5-8,13H2,1-4H3,(H,19,20)/t15-,16+/m1/s1. The predicted octanol–water partition coefficient (Wildman–Crippen LogP) is 4.09. The minimum absolute atomic E-state index is 0.0366. The summed E-state index contributed by atoms with van der Waals surface area (Å²) in [4.78, 5) is 12.1. The molecule has 0 aromatic heterocycles. The molecule has 0 fully saturated rings. The number of unbranched alkanes of at least 4 members (excludes halogenated alkanes) is 1. The van der Waals surface area contributed by atoms with Crippen molar-refractivity contribution in [1.29, 1.82) is 0 Å². The zero-order valence-electron chi connectivity index (χ0n) is 13.8. The van der Waals surface area contributed by atoms with Gasteiger partial charge in [-0.05, 0) is 38.3 Å². The fourth-order valence-electron chi connectivity index (χ4n) is 2.21. The smallest absolute Gasteiger partial charge is 0.260 e. The number of hydrogen-bond donors (Lipinski definition) is 1. The van der Waals surface area contributed by atoms with Gasteiger partial charge in [-0.25, -0.2) is 0 Å². The first-order chi connectivity index (χ1) is 10.1. The van der Waals surface area contributed by atoms with Crippen LogP contribution in [0, 0.1) is 12.8 Å². The van der Waals surface area contributed by atoms with Crippen molar-refractivity contribution in [2.24, 2.45) is 5.92 Å². The van der Waals surface area contributed by atoms with Crippen LogP contribution in [0.1, 0.15) is 52.0 Å². The molecule has 21 heavy (non-hydrogen) atoms. The van der Waals surface area contributed by atoms with Gasteiger partial charge < -0.3 is 10.1 Å². The Bertz CT molecular complexity index is 414. The monoisotopic (exact) mass is 291 g/mol. The maximum absolute atomic E-state index is 12.1. The van der Waals surface area contributed by atoms with Crippen LogP contribution in [0.15, 0.2) is 24.3 Å². The maximum atomic E-state index is 12.1. The van der Waals surface area contributed by atoms with E-state index < -0.39 is 6.10 Å². The minimum atomic E-state index is -0.462. The lowest BCUT2D eigenvalue weighted by Crippen LogP contribution is -2.38. The molecule has 1 rings (SSSR count). The molecule has 0 heterocycles. The lowest BCUT2D eigenvalue weighted by Gasteiger charge is -2.18. The van der Waals surface area contributed by atoms with Crippen LogP contribution in [0.4, 0.5) is 0 Å². The summed E-state index contributed by atoms with van der Waals surface area (Å²) >= 11 is 0. The Balaban J connectivity index is 2.38. The highest BCUT2D eigenvalue weighted by Crippen LogP contribution is 2.14. The van der Waals surface area contributed by atoms with Gasteiger partial charge >= 0.3 is 0 Å². The SMILES string of the molecule is CCCC[C@H](CC)CNC(=O)[C@@H](C)Oc1ccc(C)cc1. The summed E-state index contributed by atoms with van der Waals surface area (Å²) in [5.41, 5.74) is 1.18. The van der Waals surface area contributed by atoms with Crippen LogP contribution in [0.2, 0.25) is 0 Å². The Kier molecular flexibility index (Phi) is 7.88. The van der Waals surface area contributed by atoms with Gasteiger partial charge in [0.25, 0.3) is 5.91 Å². The molecule has 118 valence electrons. The maximum Gasteiger partial charge on any atom is 0.260 e. The van der Waals surface area contributed by atoms with Gasteiger partial charge in [-0.15, -0.1) is 0 Å². The molecule has 3 heteroatoms. The first-order valence-corrected chi connectivity index (χ1v) is 8.07. The van der Waals surface area contributed by atoms with Crippen molar-refractivity contribution in [3.63, 3.8) is 0 Å². The predicted molar refractivity (Wildman–Crippen MR) is 87.6 cm³/mol. The highest BCUT2D eigenvalue weighted by atomic mass is 16.5. The van der Waals surface area contributed by atoms with E-state index in [0.29, 0.717) is 5.92 Å². The average molecular weight is 291 g/mol. The molecule has 1 N–H and O–H groups in total. The quantitative estimate of drug-likeness (QED) is 0.744. The van der Waals surface area contributed by atoms with Crippen molar-refractivity contribution in [1.82, 2.24) is 5.32 Å². The molecule has 0 aliphatic heterocycles. The van der Waals surface area contributed by atoms with E-state index in [-0.39, 0.29) is 5.91 Å². The third kappa shape index (κ3) is 6.65. The van der Waals surface area contributed by atoms with Crippen molar-refractivity contribution in [3.8, 4) is 5.75 Å². The summed E-state index contributed by atoms with van der Waals surface area (Å²) in [6, 6.07) is 7.76. The van der Waals surface area contributed by atoms with E-state index in [0.717, 1.165) is 18.7 Å². The Hall–Kier alpha value is -1.51. The minimum Gasteiger partial charge on any atom is -0.481 e. The number of rotatable bonds is 9. The second kappa shape index (κ2) is 9.43. The van der Waals surface area contributed by atoms with Crippen molar-refractivity contribution >= 4 is 5.91 Å². The summed E-state index contributed by atoms with van der Waals surface area (Å²) in [6.45, 7) is 8.95. The molecule has 0 saturated carbocycles. The molecular formula is C18H29NO2. The van der Waals surface area contributed by atoms with Crippen LogP contribution < -0.4 is 10.1 Å². The summed E-state index contributed by atoms with van der Waals surface area (Å²) in [5.74, 6) is 1.27. The van der Waals surface area contributed by atoms with Crippen molar-refractivity contribution in [3.05, 3.63) is 29.8 Å². The van der Waals surface area contributed by atoms with E-state index in [1.807, 2.05) is 31.2 Å². The van der Waals surface area contributed by atoms with E-state index in [2.05, 4.69) is 19.2 Å². The van der Waals surface area contributed by atoms with E-state index in [4.69, 9.17) is 4.74 Å². The molecule has 2 atom stereocenters. The summed E-state index contributed by atoms with van der Waals surface area (Å²) in [6.07, 6.45) is 4.26. The molecule has 0 unspecified atom stereocenters. The number of carbonyl (C=O) groups is 1. The molecule has 0 aliphatic carbocycles. The van der Waals surface area contributed by atoms with Crippen molar-refractivity contribution in [2.75, 3.05) is 6.54 Å². The Morgan fingerprint density at radius 3 is 2.48 bits per heavy atom. The molecular weight excluding hydrogens is 262 g/mol. The lowest BCUT2D eigenvalue weighted by molar-refractivity contribution is -0.127. The normalized spacial score (nSPS) is 13.5. The van der Waals surface area contributed by atoms with Crippen molar-refractivity contribution in [2.45, 2.75) is 59.5 Å². The fourth-order valence-corrected chi connectivity index (χ4v) is 2.21.